The summed E-state index contributed by atoms with van der Waals surface area (Å²) < 4.78 is 0. The molecule has 0 aliphatic carbocycles. The molecule has 12 heteroatoms. The molecule has 2 aromatic heterocycles. The number of hydrogen-bond donors (Lipinski definition) is 5. The summed E-state index contributed by atoms with van der Waals surface area (Å²) in [6.07, 6.45) is 5.23. The topological polar surface area (TPSA) is 145 Å². The molecule has 2 aromatic carbocycles. The van der Waals surface area contributed by atoms with Crippen molar-refractivity contribution in [2.75, 3.05) is 37.8 Å². The molecular formula is C30H38Cl2N8O2. The van der Waals surface area contributed by atoms with Gasteiger partial charge in [-0.1, -0.05) is 37.0 Å². The molecule has 0 saturated carbocycles. The minimum Gasteiger partial charge on any atom is -0.507 e. The van der Waals surface area contributed by atoms with Crippen molar-refractivity contribution < 1.29 is 10.2 Å². The zero-order valence-electron chi connectivity index (χ0n) is 24.2. The van der Waals surface area contributed by atoms with Gasteiger partial charge in [-0.05, 0) is 75.5 Å². The van der Waals surface area contributed by atoms with Crippen molar-refractivity contribution in [3.05, 3.63) is 71.0 Å². The molecule has 0 aliphatic rings. The second kappa shape index (κ2) is 16.1. The summed E-state index contributed by atoms with van der Waals surface area (Å²) in [5.74, 6) is 2.46. The number of aromatic hydroxyl groups is 2. The van der Waals surface area contributed by atoms with Crippen LogP contribution in [0.5, 0.6) is 11.5 Å². The van der Waals surface area contributed by atoms with Crippen molar-refractivity contribution in [3.63, 3.8) is 0 Å². The van der Waals surface area contributed by atoms with Crippen LogP contribution in [-0.2, 0) is 0 Å². The third-order valence-electron chi connectivity index (χ3n) is 6.50. The van der Waals surface area contributed by atoms with Gasteiger partial charge in [0.25, 0.3) is 0 Å². The first-order chi connectivity index (χ1) is 20.1. The van der Waals surface area contributed by atoms with E-state index in [0.29, 0.717) is 51.2 Å². The molecule has 42 heavy (non-hydrogen) atoms. The lowest BCUT2D eigenvalue weighted by molar-refractivity contribution is 0.298. The van der Waals surface area contributed by atoms with E-state index in [1.165, 1.54) is 6.07 Å². The van der Waals surface area contributed by atoms with Crippen molar-refractivity contribution >= 4 is 34.8 Å². The molecule has 0 saturated heterocycles. The molecule has 0 amide bonds. The number of phenols is 2. The van der Waals surface area contributed by atoms with Gasteiger partial charge >= 0.3 is 0 Å². The lowest BCUT2D eigenvalue weighted by atomic mass is 10.2. The summed E-state index contributed by atoms with van der Waals surface area (Å²) in [7, 11) is 4.12. The van der Waals surface area contributed by atoms with Gasteiger partial charge in [0.15, 0.2) is 11.6 Å². The molecule has 4 rings (SSSR count). The molecule has 224 valence electrons. The third-order valence-corrected chi connectivity index (χ3v) is 6.97. The SMILES string of the molecule is CC[C@@H](N)CNc1ccnc(-c2cc(Cl)ccc2O)n1.CC[C@H](CNc1ccnc(-c2cc(Cl)ccc2O)n1)N(C)C. The molecular weight excluding hydrogens is 575 g/mol. The summed E-state index contributed by atoms with van der Waals surface area (Å²) in [5.41, 5.74) is 6.88. The zero-order chi connectivity index (χ0) is 30.6. The van der Waals surface area contributed by atoms with Crippen molar-refractivity contribution in [1.29, 1.82) is 0 Å². The number of likely N-dealkylation sites (N-methyl/N-ethyl adjacent to an activating group) is 1. The maximum atomic E-state index is 9.94. The minimum absolute atomic E-state index is 0.0768. The maximum absolute atomic E-state index is 9.94. The fraction of sp³-hybridized carbons (Fsp3) is 0.333. The number of nitrogens with one attached hydrogen (secondary N) is 2. The lowest BCUT2D eigenvalue weighted by Crippen LogP contribution is -2.34. The van der Waals surface area contributed by atoms with Crippen LogP contribution in [0, 0.1) is 0 Å². The van der Waals surface area contributed by atoms with E-state index < -0.39 is 0 Å². The molecule has 2 heterocycles. The number of nitrogens with zero attached hydrogens (tertiary/aromatic N) is 5. The van der Waals surface area contributed by atoms with Crippen molar-refractivity contribution in [2.24, 2.45) is 5.73 Å². The summed E-state index contributed by atoms with van der Waals surface area (Å²) in [6, 6.07) is 13.7. The van der Waals surface area contributed by atoms with Crippen LogP contribution in [0.4, 0.5) is 11.6 Å². The van der Waals surface area contributed by atoms with Crippen LogP contribution in [0.1, 0.15) is 26.7 Å². The second-order valence-corrected chi connectivity index (χ2v) is 10.7. The van der Waals surface area contributed by atoms with Crippen molar-refractivity contribution in [1.82, 2.24) is 24.8 Å². The first-order valence-corrected chi connectivity index (χ1v) is 14.4. The number of anilines is 2. The number of halogens is 2. The predicted octanol–water partition coefficient (Wildman–Crippen LogP) is 5.91. The van der Waals surface area contributed by atoms with E-state index in [-0.39, 0.29) is 17.5 Å². The zero-order valence-corrected chi connectivity index (χ0v) is 25.7. The summed E-state index contributed by atoms with van der Waals surface area (Å²) in [4.78, 5) is 19.4. The van der Waals surface area contributed by atoms with E-state index in [9.17, 15) is 10.2 Å². The maximum Gasteiger partial charge on any atom is 0.165 e. The quantitative estimate of drug-likeness (QED) is 0.138. The van der Waals surface area contributed by atoms with Crippen LogP contribution < -0.4 is 16.4 Å². The Bertz CT molecular complexity index is 1440. The average molecular weight is 614 g/mol. The Morgan fingerprint density at radius 1 is 0.762 bits per heavy atom. The van der Waals surface area contributed by atoms with E-state index in [2.05, 4.69) is 56.5 Å². The Morgan fingerprint density at radius 3 is 1.67 bits per heavy atom. The Balaban J connectivity index is 0.000000231. The van der Waals surface area contributed by atoms with Crippen molar-refractivity contribution in [2.45, 2.75) is 38.8 Å². The minimum atomic E-state index is 0.0768. The first kappa shape index (κ1) is 32.8. The molecule has 0 spiro atoms. The van der Waals surface area contributed by atoms with Crippen LogP contribution in [0.2, 0.25) is 10.0 Å². The highest BCUT2D eigenvalue weighted by Crippen LogP contribution is 2.30. The van der Waals surface area contributed by atoms with Gasteiger partial charge in [-0.3, -0.25) is 0 Å². The number of benzene rings is 2. The Hall–Kier alpha value is -3.70. The van der Waals surface area contributed by atoms with Crippen LogP contribution in [0.25, 0.3) is 22.8 Å². The molecule has 0 radical (unpaired) electrons. The number of aromatic nitrogens is 4. The summed E-state index contributed by atoms with van der Waals surface area (Å²) >= 11 is 11.9. The molecule has 2 atom stereocenters. The standard InChI is InChI=1S/C16H21ClN4O.C14H17ClN4O/c1-4-12(21(2)3)10-19-15-7-8-18-16(20-15)13-9-11(17)5-6-14(13)22;1-2-10(16)8-18-13-5-6-17-14(19-13)11-7-9(15)3-4-12(11)20/h5-9,12,22H,4,10H2,1-3H3,(H,18,19,20);3-7,10,20H,2,8,16H2,1H3,(H,17,18,19)/t12-;10-/m11/s1. The van der Waals surface area contributed by atoms with Gasteiger partial charge in [0, 0.05) is 47.6 Å². The summed E-state index contributed by atoms with van der Waals surface area (Å²) in [5, 5.41) is 27.3. The fourth-order valence-electron chi connectivity index (χ4n) is 3.84. The van der Waals surface area contributed by atoms with Gasteiger partial charge < -0.3 is 31.5 Å². The monoisotopic (exact) mass is 612 g/mol. The molecule has 0 unspecified atom stereocenters. The van der Waals surface area contributed by atoms with Crippen LogP contribution in [0.15, 0.2) is 60.9 Å². The largest absolute Gasteiger partial charge is 0.507 e. The van der Waals surface area contributed by atoms with Gasteiger partial charge in [-0.15, -0.1) is 0 Å². The third kappa shape index (κ3) is 9.70. The van der Waals surface area contributed by atoms with E-state index in [1.807, 2.05) is 13.0 Å². The Morgan fingerprint density at radius 2 is 1.24 bits per heavy atom. The Kier molecular flexibility index (Phi) is 12.6. The Labute approximate surface area is 257 Å². The molecule has 0 fully saturated rings. The predicted molar refractivity (Wildman–Crippen MR) is 171 cm³/mol. The second-order valence-electron chi connectivity index (χ2n) is 9.81. The van der Waals surface area contributed by atoms with Gasteiger partial charge in [0.2, 0.25) is 0 Å². The van der Waals surface area contributed by atoms with Crippen LogP contribution in [0.3, 0.4) is 0 Å². The van der Waals surface area contributed by atoms with Gasteiger partial charge in [-0.25, -0.2) is 19.9 Å². The molecule has 0 bridgehead atoms. The van der Waals surface area contributed by atoms with E-state index >= 15 is 0 Å². The number of phenolic OH excluding ortho intramolecular Hbond substituents is 2. The number of rotatable bonds is 11. The highest BCUT2D eigenvalue weighted by atomic mass is 35.5. The van der Waals surface area contributed by atoms with Gasteiger partial charge in [0.1, 0.15) is 23.1 Å². The smallest absolute Gasteiger partial charge is 0.165 e. The van der Waals surface area contributed by atoms with E-state index in [1.54, 1.807) is 48.8 Å². The summed E-state index contributed by atoms with van der Waals surface area (Å²) in [6.45, 7) is 5.61. The van der Waals surface area contributed by atoms with Gasteiger partial charge in [0.05, 0.1) is 11.1 Å². The average Bonchev–Trinajstić information content (AvgIpc) is 2.99. The van der Waals surface area contributed by atoms with Crippen LogP contribution in [-0.4, -0.2) is 74.3 Å². The molecule has 4 aromatic rings. The van der Waals surface area contributed by atoms with Crippen molar-refractivity contribution in [3.8, 4) is 34.3 Å². The first-order valence-electron chi connectivity index (χ1n) is 13.6. The number of hydrogen-bond acceptors (Lipinski definition) is 10. The highest BCUT2D eigenvalue weighted by molar-refractivity contribution is 6.31. The highest BCUT2D eigenvalue weighted by Gasteiger charge is 2.12. The normalized spacial score (nSPS) is 12.3. The molecule has 0 aliphatic heterocycles. The fourth-order valence-corrected chi connectivity index (χ4v) is 4.19. The van der Waals surface area contributed by atoms with E-state index in [4.69, 9.17) is 28.9 Å². The lowest BCUT2D eigenvalue weighted by Gasteiger charge is -2.23. The number of nitrogens with two attached hydrogens (primary N) is 1. The molecule has 6 N–H and O–H groups in total. The van der Waals surface area contributed by atoms with E-state index in [0.717, 1.165) is 25.2 Å². The van der Waals surface area contributed by atoms with Gasteiger partial charge in [-0.2, -0.15) is 0 Å². The molecule has 10 nitrogen and oxygen atoms in total. The van der Waals surface area contributed by atoms with Crippen LogP contribution >= 0.6 is 23.2 Å².